The largest absolute Gasteiger partial charge is 0.468 e. The third-order valence-electron chi connectivity index (χ3n) is 3.44. The number of benzene rings is 2. The van der Waals surface area contributed by atoms with Gasteiger partial charge < -0.3 is 4.74 Å². The topological polar surface area (TPSA) is 63.7 Å². The predicted octanol–water partition coefficient (Wildman–Crippen LogP) is 4.38. The van der Waals surface area contributed by atoms with Crippen molar-refractivity contribution in [2.75, 3.05) is 18.0 Å². The Morgan fingerprint density at radius 3 is 2.22 bits per heavy atom. The van der Waals surface area contributed by atoms with Crippen LogP contribution in [0.2, 0.25) is 10.0 Å². The van der Waals surface area contributed by atoms with Crippen LogP contribution in [0.4, 0.5) is 18.9 Å². The summed E-state index contributed by atoms with van der Waals surface area (Å²) in [5, 5.41) is -0.0930. The number of esters is 1. The van der Waals surface area contributed by atoms with Crippen molar-refractivity contribution in [3.8, 4) is 0 Å². The zero-order valence-electron chi connectivity index (χ0n) is 13.6. The number of methoxy groups -OCH3 is 1. The number of carbonyl (C=O) groups is 1. The van der Waals surface area contributed by atoms with E-state index in [1.165, 1.54) is 12.1 Å². The fourth-order valence-electron chi connectivity index (χ4n) is 2.11. The number of nitrogens with zero attached hydrogens (tertiary/aromatic N) is 1. The van der Waals surface area contributed by atoms with E-state index in [4.69, 9.17) is 23.2 Å². The second kappa shape index (κ2) is 7.95. The van der Waals surface area contributed by atoms with Gasteiger partial charge in [0.1, 0.15) is 11.4 Å². The van der Waals surface area contributed by atoms with Gasteiger partial charge in [-0.2, -0.15) is 13.2 Å². The third kappa shape index (κ3) is 4.85. The molecule has 0 aliphatic rings. The molecular weight excluding hydrogens is 430 g/mol. The number of anilines is 1. The number of ether oxygens (including phenoxy) is 1. The Hall–Kier alpha value is -1.97. The van der Waals surface area contributed by atoms with E-state index in [-0.39, 0.29) is 15.7 Å². The van der Waals surface area contributed by atoms with Gasteiger partial charge in [0.05, 0.1) is 23.4 Å². The Kier molecular flexibility index (Phi) is 6.28. The van der Waals surface area contributed by atoms with Crippen LogP contribution in [0.25, 0.3) is 0 Å². The van der Waals surface area contributed by atoms with Crippen LogP contribution >= 0.6 is 23.2 Å². The van der Waals surface area contributed by atoms with Crippen LogP contribution in [0.15, 0.2) is 47.4 Å². The van der Waals surface area contributed by atoms with Gasteiger partial charge >= 0.3 is 12.1 Å². The monoisotopic (exact) mass is 441 g/mol. The Morgan fingerprint density at radius 2 is 1.70 bits per heavy atom. The lowest BCUT2D eigenvalue weighted by atomic mass is 10.2. The molecule has 0 aromatic heterocycles. The summed E-state index contributed by atoms with van der Waals surface area (Å²) in [6.45, 7) is -0.771. The minimum Gasteiger partial charge on any atom is -0.468 e. The van der Waals surface area contributed by atoms with Crippen LogP contribution in [0, 0.1) is 0 Å². The van der Waals surface area contributed by atoms with E-state index in [1.54, 1.807) is 0 Å². The highest BCUT2D eigenvalue weighted by molar-refractivity contribution is 7.93. The summed E-state index contributed by atoms with van der Waals surface area (Å²) in [4.78, 5) is 11.3. The molecule has 0 aliphatic carbocycles. The first-order valence-electron chi connectivity index (χ1n) is 7.18. The molecule has 0 radical (unpaired) electrons. The molecule has 0 saturated heterocycles. The van der Waals surface area contributed by atoms with Crippen molar-refractivity contribution in [2.24, 2.45) is 0 Å². The molecule has 0 heterocycles. The maximum atomic E-state index is 13.0. The molecule has 27 heavy (non-hydrogen) atoms. The highest BCUT2D eigenvalue weighted by atomic mass is 35.5. The van der Waals surface area contributed by atoms with Crippen molar-refractivity contribution < 1.29 is 31.1 Å². The average molecular weight is 442 g/mol. The van der Waals surface area contributed by atoms with Gasteiger partial charge in [-0.05, 0) is 42.5 Å². The summed E-state index contributed by atoms with van der Waals surface area (Å²) < 4.78 is 69.3. The molecule has 146 valence electrons. The normalized spacial score (nSPS) is 11.9. The summed E-state index contributed by atoms with van der Waals surface area (Å²) in [5.41, 5.74) is -1.15. The zero-order chi connectivity index (χ0) is 20.4. The lowest BCUT2D eigenvalue weighted by Crippen LogP contribution is -2.36. The smallest absolute Gasteiger partial charge is 0.416 e. The summed E-state index contributed by atoms with van der Waals surface area (Å²) in [6.07, 6.45) is -4.60. The SMILES string of the molecule is COC(=O)CN(c1ccc(C(F)(F)F)cc1)S(=O)(=O)c1cc(Cl)ccc1Cl. The summed E-state index contributed by atoms with van der Waals surface area (Å²) >= 11 is 11.8. The van der Waals surface area contributed by atoms with Crippen molar-refractivity contribution >= 4 is 44.9 Å². The van der Waals surface area contributed by atoms with Gasteiger partial charge in [0, 0.05) is 5.02 Å². The molecule has 0 bridgehead atoms. The van der Waals surface area contributed by atoms with Crippen molar-refractivity contribution in [3.63, 3.8) is 0 Å². The van der Waals surface area contributed by atoms with E-state index in [0.717, 1.165) is 25.3 Å². The first-order valence-corrected chi connectivity index (χ1v) is 9.38. The molecule has 2 aromatic carbocycles. The number of hydrogen-bond donors (Lipinski definition) is 0. The van der Waals surface area contributed by atoms with Crippen LogP contribution in [-0.2, 0) is 25.7 Å². The molecule has 0 aliphatic heterocycles. The lowest BCUT2D eigenvalue weighted by molar-refractivity contribution is -0.139. The van der Waals surface area contributed by atoms with E-state index in [9.17, 15) is 26.4 Å². The zero-order valence-corrected chi connectivity index (χ0v) is 16.0. The highest BCUT2D eigenvalue weighted by Gasteiger charge is 2.33. The molecule has 11 heteroatoms. The van der Waals surface area contributed by atoms with Gasteiger partial charge in [-0.1, -0.05) is 23.2 Å². The minimum atomic E-state index is -4.60. The average Bonchev–Trinajstić information content (AvgIpc) is 2.60. The van der Waals surface area contributed by atoms with Crippen LogP contribution in [0.1, 0.15) is 5.56 Å². The second-order valence-corrected chi connectivity index (χ2v) is 7.88. The summed E-state index contributed by atoms with van der Waals surface area (Å²) in [7, 11) is -3.38. The van der Waals surface area contributed by atoms with E-state index >= 15 is 0 Å². The van der Waals surface area contributed by atoms with Gasteiger partial charge in [0.25, 0.3) is 10.0 Å². The van der Waals surface area contributed by atoms with Gasteiger partial charge in [0.15, 0.2) is 0 Å². The quantitative estimate of drug-likeness (QED) is 0.645. The molecule has 0 unspecified atom stereocenters. The molecule has 0 fully saturated rings. The van der Waals surface area contributed by atoms with Gasteiger partial charge in [-0.3, -0.25) is 9.10 Å². The van der Waals surface area contributed by atoms with E-state index < -0.39 is 39.2 Å². The fourth-order valence-corrected chi connectivity index (χ4v) is 4.26. The standard InChI is InChI=1S/C16H12Cl2F3NO4S/c1-26-15(23)9-22(12-5-2-10(3-6-12)16(19,20)21)27(24,25)14-8-11(17)4-7-13(14)18/h2-8H,9H2,1H3. The molecule has 5 nitrogen and oxygen atoms in total. The molecule has 2 aromatic rings. The minimum absolute atomic E-state index is 0.0726. The van der Waals surface area contributed by atoms with E-state index in [0.29, 0.717) is 16.4 Å². The van der Waals surface area contributed by atoms with Gasteiger partial charge in [-0.25, -0.2) is 8.42 Å². The number of carbonyl (C=O) groups excluding carboxylic acids is 1. The van der Waals surface area contributed by atoms with Crippen molar-refractivity contribution in [1.82, 2.24) is 0 Å². The third-order valence-corrected chi connectivity index (χ3v) is 5.93. The lowest BCUT2D eigenvalue weighted by Gasteiger charge is -2.24. The van der Waals surface area contributed by atoms with Crippen LogP contribution in [0.5, 0.6) is 0 Å². The van der Waals surface area contributed by atoms with E-state index in [2.05, 4.69) is 4.74 Å². The van der Waals surface area contributed by atoms with Crippen molar-refractivity contribution in [3.05, 3.63) is 58.1 Å². The molecule has 0 spiro atoms. The molecule has 0 amide bonds. The maximum absolute atomic E-state index is 13.0. The van der Waals surface area contributed by atoms with Crippen molar-refractivity contribution in [2.45, 2.75) is 11.1 Å². The van der Waals surface area contributed by atoms with E-state index in [1.807, 2.05) is 0 Å². The number of halogens is 5. The van der Waals surface area contributed by atoms with Crippen LogP contribution in [-0.4, -0.2) is 28.0 Å². The predicted molar refractivity (Wildman–Crippen MR) is 94.5 cm³/mol. The molecule has 0 atom stereocenters. The number of alkyl halides is 3. The first-order chi connectivity index (χ1) is 12.5. The van der Waals surface area contributed by atoms with Crippen LogP contribution in [0.3, 0.4) is 0 Å². The summed E-state index contributed by atoms with van der Waals surface area (Å²) in [5.74, 6) is -0.920. The Bertz CT molecular complexity index is 947. The Labute approximate surface area is 163 Å². The second-order valence-electron chi connectivity index (χ2n) is 5.21. The first kappa shape index (κ1) is 21.3. The number of rotatable bonds is 5. The van der Waals surface area contributed by atoms with Gasteiger partial charge in [0.2, 0.25) is 0 Å². The molecule has 0 N–H and O–H groups in total. The van der Waals surface area contributed by atoms with Gasteiger partial charge in [-0.15, -0.1) is 0 Å². The molecule has 2 rings (SSSR count). The molecular formula is C16H12Cl2F3NO4S. The Balaban J connectivity index is 2.57. The molecule has 0 saturated carbocycles. The fraction of sp³-hybridized carbons (Fsp3) is 0.188. The highest BCUT2D eigenvalue weighted by Crippen LogP contribution is 2.33. The van der Waals surface area contributed by atoms with Crippen molar-refractivity contribution in [1.29, 1.82) is 0 Å². The Morgan fingerprint density at radius 1 is 1.11 bits per heavy atom. The number of sulfonamides is 1. The number of hydrogen-bond acceptors (Lipinski definition) is 4. The van der Waals surface area contributed by atoms with Crippen LogP contribution < -0.4 is 4.31 Å². The summed E-state index contributed by atoms with van der Waals surface area (Å²) in [6, 6.07) is 6.96. The maximum Gasteiger partial charge on any atom is 0.416 e.